The highest BCUT2D eigenvalue weighted by atomic mass is 79.9. The van der Waals surface area contributed by atoms with E-state index in [2.05, 4.69) is 20.9 Å². The number of methoxy groups -OCH3 is 1. The minimum atomic E-state index is 0.105. The van der Waals surface area contributed by atoms with Gasteiger partial charge in [-0.3, -0.25) is 4.98 Å². The minimum absolute atomic E-state index is 0.105. The topological polar surface area (TPSA) is 48.1 Å². The van der Waals surface area contributed by atoms with Crippen LogP contribution in [-0.2, 0) is 0 Å². The SMILES string of the molecule is COc1ccc(C(CN)c2ccccn2)cc1Br. The first-order chi connectivity index (χ1) is 8.76. The van der Waals surface area contributed by atoms with Crippen LogP contribution in [0.4, 0.5) is 0 Å². The molecule has 2 rings (SSSR count). The fourth-order valence-electron chi connectivity index (χ4n) is 1.91. The fourth-order valence-corrected chi connectivity index (χ4v) is 2.47. The molecule has 0 aliphatic rings. The van der Waals surface area contributed by atoms with Gasteiger partial charge in [-0.1, -0.05) is 12.1 Å². The molecule has 4 heteroatoms. The Morgan fingerprint density at radius 2 is 2.17 bits per heavy atom. The van der Waals surface area contributed by atoms with Gasteiger partial charge in [0.1, 0.15) is 5.75 Å². The number of pyridine rings is 1. The van der Waals surface area contributed by atoms with Gasteiger partial charge in [-0.25, -0.2) is 0 Å². The lowest BCUT2D eigenvalue weighted by atomic mass is 9.95. The number of halogens is 1. The molecule has 0 radical (unpaired) electrons. The van der Waals surface area contributed by atoms with Crippen LogP contribution in [0, 0.1) is 0 Å². The van der Waals surface area contributed by atoms with Crippen LogP contribution >= 0.6 is 15.9 Å². The number of hydrogen-bond donors (Lipinski definition) is 1. The van der Waals surface area contributed by atoms with E-state index < -0.39 is 0 Å². The van der Waals surface area contributed by atoms with Gasteiger partial charge in [0.15, 0.2) is 0 Å². The number of rotatable bonds is 4. The van der Waals surface area contributed by atoms with Gasteiger partial charge in [0, 0.05) is 24.4 Å². The van der Waals surface area contributed by atoms with Crippen molar-refractivity contribution in [3.05, 3.63) is 58.3 Å². The van der Waals surface area contributed by atoms with Crippen LogP contribution in [0.2, 0.25) is 0 Å². The Morgan fingerprint density at radius 3 is 2.72 bits per heavy atom. The van der Waals surface area contributed by atoms with Crippen molar-refractivity contribution in [1.82, 2.24) is 4.98 Å². The number of nitrogens with zero attached hydrogens (tertiary/aromatic N) is 1. The van der Waals surface area contributed by atoms with E-state index in [1.54, 1.807) is 13.3 Å². The van der Waals surface area contributed by atoms with Gasteiger partial charge in [-0.15, -0.1) is 0 Å². The number of ether oxygens (including phenoxy) is 1. The predicted molar refractivity (Wildman–Crippen MR) is 75.8 cm³/mol. The van der Waals surface area contributed by atoms with Gasteiger partial charge in [0.2, 0.25) is 0 Å². The molecule has 1 unspecified atom stereocenters. The maximum absolute atomic E-state index is 5.87. The minimum Gasteiger partial charge on any atom is -0.496 e. The fraction of sp³-hybridized carbons (Fsp3) is 0.214. The standard InChI is InChI=1S/C14H15BrN2O/c1-18-14-6-5-10(8-12(14)15)11(9-16)13-4-2-3-7-17-13/h2-8,11H,9,16H2,1H3. The van der Waals surface area contributed by atoms with Gasteiger partial charge in [0.25, 0.3) is 0 Å². The average Bonchev–Trinajstić information content (AvgIpc) is 2.41. The zero-order valence-electron chi connectivity index (χ0n) is 10.1. The number of nitrogens with two attached hydrogens (primary N) is 1. The van der Waals surface area contributed by atoms with Crippen LogP contribution in [0.1, 0.15) is 17.2 Å². The summed E-state index contributed by atoms with van der Waals surface area (Å²) in [5.74, 6) is 0.920. The Bertz CT molecular complexity index is 516. The van der Waals surface area contributed by atoms with Crippen molar-refractivity contribution in [1.29, 1.82) is 0 Å². The summed E-state index contributed by atoms with van der Waals surface area (Å²) < 4.78 is 6.15. The predicted octanol–water partition coefficient (Wildman–Crippen LogP) is 2.94. The molecule has 0 fully saturated rings. The van der Waals surface area contributed by atoms with E-state index in [1.807, 2.05) is 36.4 Å². The van der Waals surface area contributed by atoms with E-state index in [-0.39, 0.29) is 5.92 Å². The van der Waals surface area contributed by atoms with Crippen molar-refractivity contribution < 1.29 is 4.74 Å². The Labute approximate surface area is 115 Å². The molecule has 2 aromatic rings. The maximum Gasteiger partial charge on any atom is 0.133 e. The molecule has 1 aromatic heterocycles. The first-order valence-corrected chi connectivity index (χ1v) is 6.50. The summed E-state index contributed by atoms with van der Waals surface area (Å²) in [6, 6.07) is 11.9. The maximum atomic E-state index is 5.87. The molecule has 0 bridgehead atoms. The Hall–Kier alpha value is -1.39. The van der Waals surface area contributed by atoms with Crippen LogP contribution in [0.25, 0.3) is 0 Å². The third-order valence-corrected chi connectivity index (χ3v) is 3.48. The molecule has 0 spiro atoms. The summed E-state index contributed by atoms with van der Waals surface area (Å²) in [4.78, 5) is 4.37. The second-order valence-electron chi connectivity index (χ2n) is 3.94. The van der Waals surface area contributed by atoms with E-state index in [0.29, 0.717) is 6.54 Å². The van der Waals surface area contributed by atoms with Crippen molar-refractivity contribution >= 4 is 15.9 Å². The molecule has 18 heavy (non-hydrogen) atoms. The second kappa shape index (κ2) is 5.98. The van der Waals surface area contributed by atoms with E-state index in [1.165, 1.54) is 0 Å². The number of aromatic nitrogens is 1. The Balaban J connectivity index is 2.37. The molecular weight excluding hydrogens is 292 g/mol. The molecule has 94 valence electrons. The van der Waals surface area contributed by atoms with Gasteiger partial charge < -0.3 is 10.5 Å². The molecule has 0 saturated carbocycles. The van der Waals surface area contributed by atoms with Crippen molar-refractivity contribution in [2.75, 3.05) is 13.7 Å². The monoisotopic (exact) mass is 306 g/mol. The van der Waals surface area contributed by atoms with Crippen molar-refractivity contribution in [2.45, 2.75) is 5.92 Å². The summed E-state index contributed by atoms with van der Waals surface area (Å²) in [6.45, 7) is 0.524. The zero-order valence-corrected chi connectivity index (χ0v) is 11.7. The lowest BCUT2D eigenvalue weighted by Gasteiger charge is -2.16. The highest BCUT2D eigenvalue weighted by molar-refractivity contribution is 9.10. The zero-order chi connectivity index (χ0) is 13.0. The van der Waals surface area contributed by atoms with E-state index in [4.69, 9.17) is 10.5 Å². The van der Waals surface area contributed by atoms with Crippen LogP contribution in [-0.4, -0.2) is 18.6 Å². The third-order valence-electron chi connectivity index (χ3n) is 2.86. The first-order valence-electron chi connectivity index (χ1n) is 5.70. The third kappa shape index (κ3) is 2.71. The first kappa shape index (κ1) is 13.1. The summed E-state index contributed by atoms with van der Waals surface area (Å²) in [7, 11) is 1.65. The molecular formula is C14H15BrN2O. The summed E-state index contributed by atoms with van der Waals surface area (Å²) in [5, 5.41) is 0. The molecule has 0 amide bonds. The number of benzene rings is 1. The largest absolute Gasteiger partial charge is 0.496 e. The van der Waals surface area contributed by atoms with Gasteiger partial charge >= 0.3 is 0 Å². The molecule has 2 N–H and O–H groups in total. The van der Waals surface area contributed by atoms with Crippen molar-refractivity contribution in [2.24, 2.45) is 5.73 Å². The van der Waals surface area contributed by atoms with E-state index in [9.17, 15) is 0 Å². The van der Waals surface area contributed by atoms with E-state index in [0.717, 1.165) is 21.5 Å². The molecule has 1 aromatic carbocycles. The highest BCUT2D eigenvalue weighted by Crippen LogP contribution is 2.30. The average molecular weight is 307 g/mol. The van der Waals surface area contributed by atoms with Crippen LogP contribution < -0.4 is 10.5 Å². The lowest BCUT2D eigenvalue weighted by molar-refractivity contribution is 0.412. The van der Waals surface area contributed by atoms with Crippen molar-refractivity contribution in [3.63, 3.8) is 0 Å². The molecule has 1 atom stereocenters. The quantitative estimate of drug-likeness (QED) is 0.945. The van der Waals surface area contributed by atoms with Crippen LogP contribution in [0.3, 0.4) is 0 Å². The van der Waals surface area contributed by atoms with Crippen LogP contribution in [0.15, 0.2) is 47.1 Å². The molecule has 0 saturated heterocycles. The van der Waals surface area contributed by atoms with Gasteiger partial charge in [-0.2, -0.15) is 0 Å². The lowest BCUT2D eigenvalue weighted by Crippen LogP contribution is -2.15. The highest BCUT2D eigenvalue weighted by Gasteiger charge is 2.14. The van der Waals surface area contributed by atoms with E-state index >= 15 is 0 Å². The Kier molecular flexibility index (Phi) is 4.33. The smallest absolute Gasteiger partial charge is 0.133 e. The molecule has 0 aliphatic heterocycles. The normalized spacial score (nSPS) is 12.2. The second-order valence-corrected chi connectivity index (χ2v) is 4.79. The molecule has 0 aliphatic carbocycles. The summed E-state index contributed by atoms with van der Waals surface area (Å²) in [6.07, 6.45) is 1.79. The van der Waals surface area contributed by atoms with Gasteiger partial charge in [-0.05, 0) is 45.8 Å². The summed E-state index contributed by atoms with van der Waals surface area (Å²) in [5.41, 5.74) is 7.98. The molecule has 1 heterocycles. The Morgan fingerprint density at radius 1 is 1.33 bits per heavy atom. The summed E-state index contributed by atoms with van der Waals surface area (Å²) >= 11 is 3.49. The van der Waals surface area contributed by atoms with Crippen LogP contribution in [0.5, 0.6) is 5.75 Å². The van der Waals surface area contributed by atoms with Gasteiger partial charge in [0.05, 0.1) is 11.6 Å². The van der Waals surface area contributed by atoms with Crippen molar-refractivity contribution in [3.8, 4) is 5.75 Å². The molecule has 3 nitrogen and oxygen atoms in total. The number of hydrogen-bond acceptors (Lipinski definition) is 3.